The van der Waals surface area contributed by atoms with Crippen molar-refractivity contribution < 1.29 is 24.9 Å². The molecule has 0 aromatic rings. The van der Waals surface area contributed by atoms with E-state index in [1.165, 1.54) is 0 Å². The zero-order valence-electron chi connectivity index (χ0n) is 9.77. The molecule has 0 aromatic heterocycles. The Hall–Kier alpha value is -0.690. The van der Waals surface area contributed by atoms with Crippen molar-refractivity contribution >= 4 is 5.97 Å². The summed E-state index contributed by atoms with van der Waals surface area (Å²) in [5.74, 6) is -0.466. The topological polar surface area (TPSA) is 99.0 Å². The number of rotatable bonds is 8. The van der Waals surface area contributed by atoms with Crippen LogP contribution in [0.2, 0.25) is 0 Å². The van der Waals surface area contributed by atoms with E-state index in [0.717, 1.165) is 0 Å². The van der Waals surface area contributed by atoms with Crippen LogP contribution in [0.5, 0.6) is 0 Å². The quantitative estimate of drug-likeness (QED) is 0.388. The second-order valence-electron chi connectivity index (χ2n) is 3.92. The smallest absolute Gasteiger partial charge is 0.308 e. The van der Waals surface area contributed by atoms with Gasteiger partial charge in [-0.3, -0.25) is 4.79 Å². The Bertz CT molecular complexity index is 205. The molecule has 4 N–H and O–H groups in total. The van der Waals surface area contributed by atoms with Crippen LogP contribution >= 0.6 is 0 Å². The zero-order valence-corrected chi connectivity index (χ0v) is 9.77. The van der Waals surface area contributed by atoms with Gasteiger partial charge in [0.1, 0.15) is 0 Å². The van der Waals surface area contributed by atoms with Crippen LogP contribution < -0.4 is 5.32 Å². The minimum absolute atomic E-state index is 0.103. The number of aliphatic hydroxyl groups excluding tert-OH is 3. The largest absolute Gasteiger partial charge is 0.466 e. The van der Waals surface area contributed by atoms with Gasteiger partial charge < -0.3 is 25.4 Å². The predicted octanol–water partition coefficient (Wildman–Crippen LogP) is -1.37. The molecule has 0 fully saturated rings. The van der Waals surface area contributed by atoms with Gasteiger partial charge in [-0.15, -0.1) is 0 Å². The van der Waals surface area contributed by atoms with Crippen molar-refractivity contribution in [2.75, 3.05) is 26.4 Å². The zero-order chi connectivity index (χ0) is 12.6. The van der Waals surface area contributed by atoms with Gasteiger partial charge >= 0.3 is 5.97 Å². The van der Waals surface area contributed by atoms with Crippen LogP contribution in [0.4, 0.5) is 0 Å². The summed E-state index contributed by atoms with van der Waals surface area (Å²) >= 11 is 0. The van der Waals surface area contributed by atoms with Crippen LogP contribution in [0.3, 0.4) is 0 Å². The van der Waals surface area contributed by atoms with Crippen LogP contribution in [0.1, 0.15) is 20.3 Å². The Kier molecular flexibility index (Phi) is 7.24. The number of aliphatic hydroxyl groups is 3. The normalized spacial score (nSPS) is 13.6. The molecule has 0 saturated heterocycles. The highest BCUT2D eigenvalue weighted by Crippen LogP contribution is 2.02. The van der Waals surface area contributed by atoms with Crippen molar-refractivity contribution in [2.24, 2.45) is 0 Å². The minimum atomic E-state index is -0.892. The van der Waals surface area contributed by atoms with E-state index in [-0.39, 0.29) is 32.8 Å². The second-order valence-corrected chi connectivity index (χ2v) is 3.92. The molecule has 0 saturated carbocycles. The fourth-order valence-corrected chi connectivity index (χ4v) is 1.01. The maximum absolute atomic E-state index is 11.0. The summed E-state index contributed by atoms with van der Waals surface area (Å²) in [6.45, 7) is 3.19. The first-order chi connectivity index (χ1) is 7.47. The predicted molar refractivity (Wildman–Crippen MR) is 57.8 cm³/mol. The molecule has 0 rings (SSSR count). The average molecular weight is 235 g/mol. The van der Waals surface area contributed by atoms with Gasteiger partial charge in [0.2, 0.25) is 0 Å². The van der Waals surface area contributed by atoms with E-state index in [1.807, 2.05) is 0 Å². The fourth-order valence-electron chi connectivity index (χ4n) is 1.01. The number of hydrogen-bond acceptors (Lipinski definition) is 6. The fraction of sp³-hybridized carbons (Fsp3) is 0.900. The van der Waals surface area contributed by atoms with Gasteiger partial charge in [-0.25, -0.2) is 0 Å². The van der Waals surface area contributed by atoms with Crippen LogP contribution in [0.25, 0.3) is 0 Å². The molecule has 0 aliphatic rings. The molecule has 0 heterocycles. The van der Waals surface area contributed by atoms with Crippen molar-refractivity contribution in [3.8, 4) is 0 Å². The van der Waals surface area contributed by atoms with Crippen LogP contribution in [-0.2, 0) is 9.53 Å². The number of hydrogen-bond donors (Lipinski definition) is 4. The van der Waals surface area contributed by atoms with Crippen molar-refractivity contribution in [1.29, 1.82) is 0 Å². The van der Waals surface area contributed by atoms with Gasteiger partial charge in [0.25, 0.3) is 0 Å². The number of β-amino-alcohol motifs (C(OH)–C–C–N with tert-alkyl or cyclic N) is 1. The third-order valence-corrected chi connectivity index (χ3v) is 2.17. The van der Waals surface area contributed by atoms with Gasteiger partial charge in [-0.05, 0) is 13.8 Å². The molecule has 0 aliphatic carbocycles. The lowest BCUT2D eigenvalue weighted by Gasteiger charge is -2.27. The lowest BCUT2D eigenvalue weighted by molar-refractivity contribution is -0.145. The van der Waals surface area contributed by atoms with E-state index in [9.17, 15) is 9.90 Å². The van der Waals surface area contributed by atoms with Crippen molar-refractivity contribution in [2.45, 2.75) is 31.9 Å². The Morgan fingerprint density at radius 2 is 2.00 bits per heavy atom. The molecular weight excluding hydrogens is 214 g/mol. The maximum Gasteiger partial charge on any atom is 0.308 e. The molecular formula is C10H21NO5. The van der Waals surface area contributed by atoms with Gasteiger partial charge in [0.15, 0.2) is 0 Å². The summed E-state index contributed by atoms with van der Waals surface area (Å²) in [4.78, 5) is 11.0. The van der Waals surface area contributed by atoms with Crippen molar-refractivity contribution in [1.82, 2.24) is 5.32 Å². The summed E-state index contributed by atoms with van der Waals surface area (Å²) in [5.41, 5.74) is -0.852. The molecule has 0 radical (unpaired) electrons. The van der Waals surface area contributed by atoms with Crippen LogP contribution in [0, 0.1) is 0 Å². The molecule has 1 unspecified atom stereocenters. The van der Waals surface area contributed by atoms with Gasteiger partial charge in [0.05, 0.1) is 37.9 Å². The van der Waals surface area contributed by atoms with E-state index in [2.05, 4.69) is 10.1 Å². The molecule has 1 atom stereocenters. The number of esters is 1. The van der Waals surface area contributed by atoms with Crippen molar-refractivity contribution in [3.63, 3.8) is 0 Å². The van der Waals surface area contributed by atoms with E-state index in [0.29, 0.717) is 0 Å². The van der Waals surface area contributed by atoms with E-state index >= 15 is 0 Å². The lowest BCUT2D eigenvalue weighted by Crippen LogP contribution is -2.51. The second kappa shape index (κ2) is 7.56. The van der Waals surface area contributed by atoms with Crippen LogP contribution in [-0.4, -0.2) is 59.3 Å². The Balaban J connectivity index is 3.88. The summed E-state index contributed by atoms with van der Waals surface area (Å²) < 4.78 is 4.67. The van der Waals surface area contributed by atoms with E-state index in [1.54, 1.807) is 13.8 Å². The Morgan fingerprint density at radius 1 is 1.44 bits per heavy atom. The molecule has 96 valence electrons. The van der Waals surface area contributed by atoms with Gasteiger partial charge in [0, 0.05) is 6.54 Å². The van der Waals surface area contributed by atoms with Crippen molar-refractivity contribution in [3.05, 3.63) is 0 Å². The van der Waals surface area contributed by atoms with E-state index < -0.39 is 17.6 Å². The highest BCUT2D eigenvalue weighted by Gasteiger charge is 2.23. The first-order valence-electron chi connectivity index (χ1n) is 5.28. The molecule has 0 aliphatic heterocycles. The standard InChI is InChI=1S/C10H21NO5/c1-3-16-9(15)4-8(14)5-11-10(2,6-12)7-13/h8,11-14H,3-7H2,1-2H3. The Labute approximate surface area is 95.2 Å². The molecule has 6 heteroatoms. The molecule has 0 spiro atoms. The third-order valence-electron chi connectivity index (χ3n) is 2.17. The number of ether oxygens (including phenoxy) is 1. The molecule has 0 bridgehead atoms. The first kappa shape index (κ1) is 15.3. The van der Waals surface area contributed by atoms with E-state index in [4.69, 9.17) is 10.2 Å². The summed E-state index contributed by atoms with van der Waals surface area (Å²) in [7, 11) is 0. The summed E-state index contributed by atoms with van der Waals surface area (Å²) in [6.07, 6.45) is -0.996. The molecule has 0 aromatic carbocycles. The highest BCUT2D eigenvalue weighted by molar-refractivity contribution is 5.69. The average Bonchev–Trinajstić information content (AvgIpc) is 2.26. The maximum atomic E-state index is 11.0. The number of nitrogens with one attached hydrogen (secondary N) is 1. The number of carbonyl (C=O) groups is 1. The summed E-state index contributed by atoms with van der Waals surface area (Å²) in [5, 5.41) is 30.2. The van der Waals surface area contributed by atoms with Gasteiger partial charge in [-0.1, -0.05) is 0 Å². The number of carbonyl (C=O) groups excluding carboxylic acids is 1. The molecule has 6 nitrogen and oxygen atoms in total. The van der Waals surface area contributed by atoms with Gasteiger partial charge in [-0.2, -0.15) is 0 Å². The van der Waals surface area contributed by atoms with Crippen LogP contribution in [0.15, 0.2) is 0 Å². The first-order valence-corrected chi connectivity index (χ1v) is 5.28. The lowest BCUT2D eigenvalue weighted by atomic mass is 10.1. The Morgan fingerprint density at radius 3 is 2.44 bits per heavy atom. The third kappa shape index (κ3) is 6.02. The molecule has 0 amide bonds. The summed E-state index contributed by atoms with van der Waals surface area (Å²) in [6, 6.07) is 0. The molecule has 16 heavy (non-hydrogen) atoms. The SMILES string of the molecule is CCOC(=O)CC(O)CNC(C)(CO)CO. The monoisotopic (exact) mass is 235 g/mol. The minimum Gasteiger partial charge on any atom is -0.466 e. The highest BCUT2D eigenvalue weighted by atomic mass is 16.5.